The van der Waals surface area contributed by atoms with Gasteiger partial charge in [0, 0.05) is 9.50 Å². The predicted octanol–water partition coefficient (Wildman–Crippen LogP) is 4.45. The summed E-state index contributed by atoms with van der Waals surface area (Å²) in [6.07, 6.45) is 2.19. The highest BCUT2D eigenvalue weighted by Gasteiger charge is 2.19. The number of fused-ring (bicyclic) bond motifs is 1. The van der Waals surface area contributed by atoms with Gasteiger partial charge in [0.1, 0.15) is 17.0 Å². The Morgan fingerprint density at radius 1 is 1.20 bits per heavy atom. The van der Waals surface area contributed by atoms with Gasteiger partial charge in [0.25, 0.3) is 5.91 Å². The van der Waals surface area contributed by atoms with Crippen molar-refractivity contribution in [3.8, 4) is 0 Å². The molecule has 0 fully saturated rings. The molecule has 0 spiro atoms. The SMILES string of the molecule is CCCCCS(=O)(=O)NC(=O)c1ccc2nc(C)n(Cc3ccc(Br)cc3Cl)c2n1. The summed E-state index contributed by atoms with van der Waals surface area (Å²) < 4.78 is 29.1. The average molecular weight is 514 g/mol. The van der Waals surface area contributed by atoms with Crippen molar-refractivity contribution in [2.45, 2.75) is 39.7 Å². The van der Waals surface area contributed by atoms with Gasteiger partial charge in [0.15, 0.2) is 5.65 Å². The van der Waals surface area contributed by atoms with Crippen LogP contribution in [-0.4, -0.2) is 34.6 Å². The third kappa shape index (κ3) is 5.39. The number of carbonyl (C=O) groups is 1. The van der Waals surface area contributed by atoms with Crippen LogP contribution < -0.4 is 4.72 Å². The first-order valence-electron chi connectivity index (χ1n) is 9.53. The quantitative estimate of drug-likeness (QED) is 0.449. The van der Waals surface area contributed by atoms with Crippen molar-refractivity contribution >= 4 is 54.6 Å². The standard InChI is InChI=1S/C20H22BrClN4O3S/c1-3-4-5-10-30(28,29)25-20(27)18-9-8-17-19(24-18)26(13(2)23-17)12-14-6-7-15(21)11-16(14)22/h6-9,11H,3-5,10,12H2,1-2H3,(H,25,27). The van der Waals surface area contributed by atoms with E-state index in [1.165, 1.54) is 6.07 Å². The second kappa shape index (κ2) is 9.45. The maximum Gasteiger partial charge on any atom is 0.283 e. The first-order chi connectivity index (χ1) is 14.2. The molecule has 3 rings (SSSR count). The van der Waals surface area contributed by atoms with Gasteiger partial charge in [-0.05, 0) is 43.2 Å². The summed E-state index contributed by atoms with van der Waals surface area (Å²) in [7, 11) is -3.70. The molecule has 7 nitrogen and oxygen atoms in total. The minimum atomic E-state index is -3.70. The number of nitrogens with one attached hydrogen (secondary N) is 1. The number of halogens is 2. The maximum absolute atomic E-state index is 12.5. The zero-order chi connectivity index (χ0) is 21.9. The first-order valence-corrected chi connectivity index (χ1v) is 12.3. The van der Waals surface area contributed by atoms with Crippen LogP contribution in [0.25, 0.3) is 11.2 Å². The minimum Gasteiger partial charge on any atom is -0.308 e. The normalized spacial score (nSPS) is 11.7. The molecule has 0 aliphatic carbocycles. The number of benzene rings is 1. The van der Waals surface area contributed by atoms with E-state index in [9.17, 15) is 13.2 Å². The van der Waals surface area contributed by atoms with Gasteiger partial charge in [0.2, 0.25) is 10.0 Å². The smallest absolute Gasteiger partial charge is 0.283 e. The van der Waals surface area contributed by atoms with Crippen LogP contribution in [0.1, 0.15) is 48.1 Å². The first kappa shape index (κ1) is 22.7. The van der Waals surface area contributed by atoms with Crippen LogP contribution in [0.5, 0.6) is 0 Å². The summed E-state index contributed by atoms with van der Waals surface area (Å²) in [6.45, 7) is 4.24. The third-order valence-electron chi connectivity index (χ3n) is 4.62. The number of hydrogen-bond acceptors (Lipinski definition) is 5. The zero-order valence-electron chi connectivity index (χ0n) is 16.7. The number of carbonyl (C=O) groups excluding carboxylic acids is 1. The highest BCUT2D eigenvalue weighted by Crippen LogP contribution is 2.24. The van der Waals surface area contributed by atoms with Crippen LogP contribution in [0, 0.1) is 6.92 Å². The van der Waals surface area contributed by atoms with Gasteiger partial charge in [-0.2, -0.15) is 0 Å². The summed E-state index contributed by atoms with van der Waals surface area (Å²) in [6, 6.07) is 8.74. The molecule has 0 atom stereocenters. The van der Waals surface area contributed by atoms with E-state index in [-0.39, 0.29) is 11.4 Å². The molecule has 0 unspecified atom stereocenters. The van der Waals surface area contributed by atoms with Crippen LogP contribution in [0.15, 0.2) is 34.8 Å². The highest BCUT2D eigenvalue weighted by atomic mass is 79.9. The van der Waals surface area contributed by atoms with Crippen molar-refractivity contribution in [2.24, 2.45) is 0 Å². The fourth-order valence-electron chi connectivity index (χ4n) is 3.04. The molecule has 0 radical (unpaired) electrons. The molecule has 0 aliphatic heterocycles. The van der Waals surface area contributed by atoms with Crippen LogP contribution in [-0.2, 0) is 16.6 Å². The third-order valence-corrected chi connectivity index (χ3v) is 6.79. The van der Waals surface area contributed by atoms with Gasteiger partial charge >= 0.3 is 0 Å². The van der Waals surface area contributed by atoms with E-state index in [0.717, 1.165) is 22.9 Å². The molecule has 160 valence electrons. The molecular weight excluding hydrogens is 492 g/mol. The number of nitrogens with zero attached hydrogens (tertiary/aromatic N) is 3. The molecule has 0 saturated heterocycles. The number of sulfonamides is 1. The monoisotopic (exact) mass is 512 g/mol. The van der Waals surface area contributed by atoms with E-state index < -0.39 is 15.9 Å². The predicted molar refractivity (Wildman–Crippen MR) is 121 cm³/mol. The van der Waals surface area contributed by atoms with E-state index >= 15 is 0 Å². The Kier molecular flexibility index (Phi) is 7.15. The van der Waals surface area contributed by atoms with Gasteiger partial charge in [-0.3, -0.25) is 4.79 Å². The highest BCUT2D eigenvalue weighted by molar-refractivity contribution is 9.10. The summed E-state index contributed by atoms with van der Waals surface area (Å²) >= 11 is 9.73. The summed E-state index contributed by atoms with van der Waals surface area (Å²) in [4.78, 5) is 21.4. The molecule has 2 heterocycles. The lowest BCUT2D eigenvalue weighted by atomic mass is 10.2. The van der Waals surface area contributed by atoms with Crippen molar-refractivity contribution in [3.05, 3.63) is 56.9 Å². The van der Waals surface area contributed by atoms with Crippen LogP contribution >= 0.6 is 27.5 Å². The Bertz CT molecular complexity index is 1190. The van der Waals surface area contributed by atoms with Gasteiger partial charge in [0.05, 0.1) is 12.3 Å². The maximum atomic E-state index is 12.5. The molecule has 30 heavy (non-hydrogen) atoms. The summed E-state index contributed by atoms with van der Waals surface area (Å²) in [5, 5.41) is 0.595. The van der Waals surface area contributed by atoms with Gasteiger partial charge in [-0.1, -0.05) is 53.4 Å². The van der Waals surface area contributed by atoms with Crippen LogP contribution in [0.4, 0.5) is 0 Å². The fourth-order valence-corrected chi connectivity index (χ4v) is 4.84. The Morgan fingerprint density at radius 2 is 1.97 bits per heavy atom. The van der Waals surface area contributed by atoms with Gasteiger partial charge in [-0.15, -0.1) is 0 Å². The average Bonchev–Trinajstić information content (AvgIpc) is 2.98. The topological polar surface area (TPSA) is 94.0 Å². The minimum absolute atomic E-state index is 0.0182. The summed E-state index contributed by atoms with van der Waals surface area (Å²) in [5.74, 6) is -0.129. The zero-order valence-corrected chi connectivity index (χ0v) is 19.8. The molecule has 2 aromatic heterocycles. The number of amides is 1. The number of aromatic nitrogens is 3. The van der Waals surface area contributed by atoms with Crippen LogP contribution in [0.3, 0.4) is 0 Å². The number of rotatable bonds is 8. The molecule has 1 amide bonds. The molecule has 0 aliphatic rings. The molecule has 1 aromatic carbocycles. The summed E-state index contributed by atoms with van der Waals surface area (Å²) in [5.41, 5.74) is 1.99. The Morgan fingerprint density at radius 3 is 2.67 bits per heavy atom. The number of hydrogen-bond donors (Lipinski definition) is 1. The van der Waals surface area contributed by atoms with Crippen molar-refractivity contribution in [1.29, 1.82) is 0 Å². The second-order valence-corrected chi connectivity index (χ2v) is 10.1. The van der Waals surface area contributed by atoms with Crippen molar-refractivity contribution in [3.63, 3.8) is 0 Å². The lowest BCUT2D eigenvalue weighted by Crippen LogP contribution is -2.33. The van der Waals surface area contributed by atoms with Crippen molar-refractivity contribution in [2.75, 3.05) is 5.75 Å². The Balaban J connectivity index is 1.88. The second-order valence-electron chi connectivity index (χ2n) is 6.98. The largest absolute Gasteiger partial charge is 0.308 e. The van der Waals surface area contributed by atoms with E-state index in [0.29, 0.717) is 35.0 Å². The number of pyridine rings is 1. The molecule has 0 bridgehead atoms. The van der Waals surface area contributed by atoms with E-state index in [2.05, 4.69) is 30.6 Å². The fraction of sp³-hybridized carbons (Fsp3) is 0.350. The number of imidazole rings is 1. The number of unbranched alkanes of at least 4 members (excludes halogenated alkanes) is 2. The van der Waals surface area contributed by atoms with Crippen LogP contribution in [0.2, 0.25) is 5.02 Å². The molecule has 1 N–H and O–H groups in total. The lowest BCUT2D eigenvalue weighted by molar-refractivity contribution is 0.0977. The van der Waals surface area contributed by atoms with Gasteiger partial charge < -0.3 is 4.57 Å². The van der Waals surface area contributed by atoms with Gasteiger partial charge in [-0.25, -0.2) is 23.1 Å². The molecule has 3 aromatic rings. The van der Waals surface area contributed by atoms with Crippen molar-refractivity contribution in [1.82, 2.24) is 19.3 Å². The van der Waals surface area contributed by atoms with E-state index in [4.69, 9.17) is 11.6 Å². The molecule has 0 saturated carbocycles. The van der Waals surface area contributed by atoms with E-state index in [1.807, 2.05) is 30.5 Å². The lowest BCUT2D eigenvalue weighted by Gasteiger charge is -2.10. The Labute approximate surface area is 189 Å². The van der Waals surface area contributed by atoms with E-state index in [1.54, 1.807) is 12.1 Å². The Hall–Kier alpha value is -1.97. The molecule has 10 heteroatoms. The number of aryl methyl sites for hydroxylation is 1. The molecular formula is C20H22BrClN4O3S. The van der Waals surface area contributed by atoms with Crippen molar-refractivity contribution < 1.29 is 13.2 Å².